The smallest absolute Gasteiger partial charge is 0.256 e. The highest BCUT2D eigenvalue weighted by Gasteiger charge is 2.09. The number of aryl methyl sites for hydroxylation is 1. The van der Waals surface area contributed by atoms with Gasteiger partial charge < -0.3 is 15.4 Å². The molecule has 0 aliphatic carbocycles. The van der Waals surface area contributed by atoms with Crippen LogP contribution < -0.4 is 15.4 Å². The van der Waals surface area contributed by atoms with Gasteiger partial charge in [0.15, 0.2) is 0 Å². The van der Waals surface area contributed by atoms with E-state index >= 15 is 0 Å². The molecule has 0 radical (unpaired) electrons. The maximum Gasteiger partial charge on any atom is 0.256 e. The number of ether oxygens (including phenoxy) is 1. The molecule has 0 fully saturated rings. The summed E-state index contributed by atoms with van der Waals surface area (Å²) in [6.45, 7) is 2.31. The van der Waals surface area contributed by atoms with Crippen LogP contribution in [0.4, 0.5) is 11.5 Å². The molecule has 7 nitrogen and oxygen atoms in total. The molecule has 2 aromatic carbocycles. The van der Waals surface area contributed by atoms with Crippen LogP contribution in [0.5, 0.6) is 5.75 Å². The first-order valence-electron chi connectivity index (χ1n) is 10.5. The average molecular weight is 471 g/mol. The number of benzene rings is 2. The molecule has 0 aliphatic rings. The maximum atomic E-state index is 12.5. The van der Waals surface area contributed by atoms with Crippen LogP contribution in [0.1, 0.15) is 26.6 Å². The molecule has 0 bridgehead atoms. The van der Waals surface area contributed by atoms with Gasteiger partial charge in [0, 0.05) is 34.5 Å². The second-order valence-electron chi connectivity index (χ2n) is 7.26. The predicted octanol–water partition coefficient (Wildman–Crippen LogP) is 5.33. The Balaban J connectivity index is 1.38. The van der Waals surface area contributed by atoms with Crippen molar-refractivity contribution in [1.29, 1.82) is 0 Å². The van der Waals surface area contributed by atoms with E-state index in [2.05, 4.69) is 20.6 Å². The Labute approximate surface area is 201 Å². The van der Waals surface area contributed by atoms with E-state index in [1.807, 2.05) is 36.6 Å². The number of nitrogens with one attached hydrogen (secondary N) is 2. The van der Waals surface area contributed by atoms with Crippen molar-refractivity contribution in [3.05, 3.63) is 106 Å². The van der Waals surface area contributed by atoms with Gasteiger partial charge in [-0.3, -0.25) is 9.59 Å². The van der Waals surface area contributed by atoms with E-state index in [1.165, 1.54) is 6.08 Å². The van der Waals surface area contributed by atoms with E-state index in [0.717, 1.165) is 16.3 Å². The lowest BCUT2D eigenvalue weighted by molar-refractivity contribution is -0.111. The maximum absolute atomic E-state index is 12.5. The summed E-state index contributed by atoms with van der Waals surface area (Å²) in [5, 5.41) is 8.45. The second-order valence-corrected chi connectivity index (χ2v) is 8.32. The van der Waals surface area contributed by atoms with Crippen LogP contribution in [0, 0.1) is 6.92 Å². The van der Waals surface area contributed by atoms with Gasteiger partial charge >= 0.3 is 0 Å². The lowest BCUT2D eigenvalue weighted by atomic mass is 10.1. The second kappa shape index (κ2) is 11.0. The van der Waals surface area contributed by atoms with Crippen molar-refractivity contribution in [2.75, 3.05) is 10.6 Å². The molecule has 8 heteroatoms. The van der Waals surface area contributed by atoms with Crippen molar-refractivity contribution in [3.63, 3.8) is 0 Å². The van der Waals surface area contributed by atoms with Gasteiger partial charge in [0.05, 0.1) is 10.7 Å². The predicted molar refractivity (Wildman–Crippen MR) is 134 cm³/mol. The first-order chi connectivity index (χ1) is 16.6. The largest absolute Gasteiger partial charge is 0.487 e. The van der Waals surface area contributed by atoms with E-state index in [9.17, 15) is 9.59 Å². The Hall–Kier alpha value is -4.30. The van der Waals surface area contributed by atoms with E-state index in [4.69, 9.17) is 4.74 Å². The lowest BCUT2D eigenvalue weighted by Crippen LogP contribution is -2.14. The van der Waals surface area contributed by atoms with Gasteiger partial charge in [0.2, 0.25) is 5.91 Å². The zero-order chi connectivity index (χ0) is 23.8. The minimum Gasteiger partial charge on any atom is -0.487 e. The molecule has 0 saturated heterocycles. The van der Waals surface area contributed by atoms with Crippen molar-refractivity contribution in [2.24, 2.45) is 0 Å². The van der Waals surface area contributed by atoms with Gasteiger partial charge in [-0.2, -0.15) is 0 Å². The first kappa shape index (κ1) is 22.9. The number of hydrogen-bond acceptors (Lipinski definition) is 6. The number of nitrogens with zero attached hydrogens (tertiary/aromatic N) is 2. The number of thiazole rings is 1. The highest BCUT2D eigenvalue weighted by Crippen LogP contribution is 2.21. The number of anilines is 2. The third-order valence-electron chi connectivity index (χ3n) is 4.67. The molecule has 4 aromatic rings. The Kier molecular flexibility index (Phi) is 7.42. The van der Waals surface area contributed by atoms with Crippen LogP contribution in [0.3, 0.4) is 0 Å². The SMILES string of the molecule is Cc1nc(COc2ccccc2/C=C/C(=O)Nc2cccc(C(=O)Nc3ccccn3)c2)cs1. The molecule has 2 amide bonds. The summed E-state index contributed by atoms with van der Waals surface area (Å²) in [7, 11) is 0. The quantitative estimate of drug-likeness (QED) is 0.340. The van der Waals surface area contributed by atoms with Gasteiger partial charge in [-0.25, -0.2) is 9.97 Å². The van der Waals surface area contributed by atoms with Gasteiger partial charge in [-0.05, 0) is 49.4 Å². The Bertz CT molecular complexity index is 1320. The van der Waals surface area contributed by atoms with Crippen LogP contribution >= 0.6 is 11.3 Å². The van der Waals surface area contributed by atoms with Crippen molar-refractivity contribution in [3.8, 4) is 5.75 Å². The number of amides is 2. The number of carbonyl (C=O) groups is 2. The van der Waals surface area contributed by atoms with Crippen molar-refractivity contribution < 1.29 is 14.3 Å². The molecule has 0 aliphatic heterocycles. The van der Waals surface area contributed by atoms with Gasteiger partial charge in [-0.1, -0.05) is 30.3 Å². The number of rotatable bonds is 8. The normalized spacial score (nSPS) is 10.7. The van der Waals surface area contributed by atoms with Crippen LogP contribution in [0.2, 0.25) is 0 Å². The van der Waals surface area contributed by atoms with E-state index in [-0.39, 0.29) is 11.8 Å². The van der Waals surface area contributed by atoms with Gasteiger partial charge in [-0.15, -0.1) is 11.3 Å². The zero-order valence-corrected chi connectivity index (χ0v) is 19.2. The number of carbonyl (C=O) groups excluding carboxylic acids is 2. The number of aromatic nitrogens is 2. The van der Waals surface area contributed by atoms with E-state index in [0.29, 0.717) is 29.4 Å². The van der Waals surface area contributed by atoms with Crippen LogP contribution in [0.15, 0.2) is 84.4 Å². The summed E-state index contributed by atoms with van der Waals surface area (Å²) in [5.74, 6) is 0.472. The van der Waals surface area contributed by atoms with E-state index < -0.39 is 0 Å². The molecule has 34 heavy (non-hydrogen) atoms. The molecule has 0 saturated carbocycles. The minimum absolute atomic E-state index is 0.313. The molecule has 2 heterocycles. The van der Waals surface area contributed by atoms with E-state index in [1.54, 1.807) is 66.1 Å². The highest BCUT2D eigenvalue weighted by molar-refractivity contribution is 7.09. The third kappa shape index (κ3) is 6.36. The topological polar surface area (TPSA) is 93.2 Å². The van der Waals surface area contributed by atoms with Crippen molar-refractivity contribution in [2.45, 2.75) is 13.5 Å². The molecule has 0 unspecified atom stereocenters. The number of para-hydroxylation sites is 1. The fraction of sp³-hybridized carbons (Fsp3) is 0.0769. The third-order valence-corrected chi connectivity index (χ3v) is 5.50. The fourth-order valence-corrected chi connectivity index (χ4v) is 3.69. The van der Waals surface area contributed by atoms with Gasteiger partial charge in [0.1, 0.15) is 18.2 Å². The van der Waals surface area contributed by atoms with Crippen LogP contribution in [-0.2, 0) is 11.4 Å². The number of hydrogen-bond donors (Lipinski definition) is 2. The van der Waals surface area contributed by atoms with Gasteiger partial charge in [0.25, 0.3) is 5.91 Å². The molecule has 4 rings (SSSR count). The Morgan fingerprint density at radius 3 is 2.68 bits per heavy atom. The summed E-state index contributed by atoms with van der Waals surface area (Å²) in [6.07, 6.45) is 4.71. The minimum atomic E-state index is -0.327. The Morgan fingerprint density at radius 2 is 1.88 bits per heavy atom. The molecule has 170 valence electrons. The van der Waals surface area contributed by atoms with Crippen molar-refractivity contribution in [1.82, 2.24) is 9.97 Å². The molecule has 0 atom stereocenters. The van der Waals surface area contributed by atoms with Crippen LogP contribution in [-0.4, -0.2) is 21.8 Å². The average Bonchev–Trinajstić information content (AvgIpc) is 3.27. The molecular formula is C26H22N4O3S. The fourth-order valence-electron chi connectivity index (χ4n) is 3.09. The molecular weight excluding hydrogens is 448 g/mol. The first-order valence-corrected chi connectivity index (χ1v) is 11.4. The monoisotopic (exact) mass is 470 g/mol. The molecule has 0 spiro atoms. The van der Waals surface area contributed by atoms with Crippen molar-refractivity contribution >= 4 is 40.7 Å². The summed E-state index contributed by atoms with van der Waals surface area (Å²) in [4.78, 5) is 33.4. The Morgan fingerprint density at radius 1 is 1.03 bits per heavy atom. The molecule has 2 aromatic heterocycles. The number of pyridine rings is 1. The lowest BCUT2D eigenvalue weighted by Gasteiger charge is -2.08. The summed E-state index contributed by atoms with van der Waals surface area (Å²) in [5.41, 5.74) is 2.55. The van der Waals surface area contributed by atoms with Crippen LogP contribution in [0.25, 0.3) is 6.08 Å². The summed E-state index contributed by atoms with van der Waals surface area (Å²) < 4.78 is 5.89. The standard InChI is InChI=1S/C26H22N4O3S/c1-18-28-22(17-34-18)16-33-23-10-3-2-7-19(23)12-13-25(31)29-21-9-6-8-20(15-21)26(32)30-24-11-4-5-14-27-24/h2-15,17H,16H2,1H3,(H,29,31)(H,27,30,32)/b13-12+. The zero-order valence-electron chi connectivity index (χ0n) is 18.4. The summed E-state index contributed by atoms with van der Waals surface area (Å²) >= 11 is 1.58. The highest BCUT2D eigenvalue weighted by atomic mass is 32.1. The summed E-state index contributed by atoms with van der Waals surface area (Å²) in [6, 6.07) is 19.4. The molecule has 2 N–H and O–H groups in total.